The summed E-state index contributed by atoms with van der Waals surface area (Å²) in [4.78, 5) is 17.4. The van der Waals surface area contributed by atoms with Crippen molar-refractivity contribution in [3.05, 3.63) is 54.4 Å². The number of amides is 1. The number of likely N-dealkylation sites (N-methyl/N-ethyl adjacent to an activating group) is 1. The van der Waals surface area contributed by atoms with Gasteiger partial charge in [-0.3, -0.25) is 9.48 Å². The molecule has 1 saturated heterocycles. The quantitative estimate of drug-likeness (QED) is 0.865. The Kier molecular flexibility index (Phi) is 4.24. The SMILES string of the molecule is CC1CN(C)CCN1C(=O)C(c1ccccc1)n1cccn1. The van der Waals surface area contributed by atoms with Crippen molar-refractivity contribution < 1.29 is 4.79 Å². The molecule has 5 nitrogen and oxygen atoms in total. The molecule has 0 saturated carbocycles. The Labute approximate surface area is 131 Å². The molecule has 3 rings (SSSR count). The van der Waals surface area contributed by atoms with Crippen molar-refractivity contribution in [2.45, 2.75) is 19.0 Å². The van der Waals surface area contributed by atoms with Crippen molar-refractivity contribution in [2.24, 2.45) is 0 Å². The second kappa shape index (κ2) is 6.32. The van der Waals surface area contributed by atoms with Gasteiger partial charge >= 0.3 is 0 Å². The van der Waals surface area contributed by atoms with Crippen LogP contribution in [0.1, 0.15) is 18.5 Å². The third kappa shape index (κ3) is 2.90. The second-order valence-corrected chi connectivity index (χ2v) is 5.94. The molecule has 1 fully saturated rings. The van der Waals surface area contributed by atoms with E-state index in [9.17, 15) is 4.79 Å². The molecule has 0 aliphatic carbocycles. The number of rotatable bonds is 3. The van der Waals surface area contributed by atoms with E-state index in [1.165, 1.54) is 0 Å². The van der Waals surface area contributed by atoms with Gasteiger partial charge in [0.1, 0.15) is 0 Å². The van der Waals surface area contributed by atoms with Crippen LogP contribution >= 0.6 is 0 Å². The van der Waals surface area contributed by atoms with Gasteiger partial charge in [0.05, 0.1) is 0 Å². The van der Waals surface area contributed by atoms with E-state index in [1.807, 2.05) is 47.5 Å². The maximum Gasteiger partial charge on any atom is 0.252 e. The summed E-state index contributed by atoms with van der Waals surface area (Å²) in [5, 5.41) is 4.31. The molecule has 0 bridgehead atoms. The van der Waals surface area contributed by atoms with Crippen LogP contribution in [-0.4, -0.2) is 58.2 Å². The average Bonchev–Trinajstić information content (AvgIpc) is 3.02. The fourth-order valence-corrected chi connectivity index (χ4v) is 3.10. The summed E-state index contributed by atoms with van der Waals surface area (Å²) in [6.07, 6.45) is 3.58. The molecule has 1 aliphatic rings. The highest BCUT2D eigenvalue weighted by molar-refractivity contribution is 5.84. The Morgan fingerprint density at radius 3 is 2.64 bits per heavy atom. The van der Waals surface area contributed by atoms with Crippen LogP contribution in [0.2, 0.25) is 0 Å². The van der Waals surface area contributed by atoms with E-state index < -0.39 is 0 Å². The zero-order valence-electron chi connectivity index (χ0n) is 13.1. The fraction of sp³-hybridized carbons (Fsp3) is 0.412. The fourth-order valence-electron chi connectivity index (χ4n) is 3.10. The topological polar surface area (TPSA) is 41.4 Å². The molecule has 116 valence electrons. The molecule has 2 aromatic rings. The van der Waals surface area contributed by atoms with Crippen molar-refractivity contribution >= 4 is 5.91 Å². The summed E-state index contributed by atoms with van der Waals surface area (Å²) in [7, 11) is 2.10. The third-order valence-electron chi connectivity index (χ3n) is 4.25. The van der Waals surface area contributed by atoms with Crippen molar-refractivity contribution in [3.63, 3.8) is 0 Å². The molecule has 1 aromatic heterocycles. The maximum absolute atomic E-state index is 13.2. The van der Waals surface area contributed by atoms with Crippen LogP contribution in [0.15, 0.2) is 48.8 Å². The van der Waals surface area contributed by atoms with Gasteiger partial charge in [-0.05, 0) is 25.6 Å². The van der Waals surface area contributed by atoms with Gasteiger partial charge in [-0.1, -0.05) is 30.3 Å². The normalized spacial score (nSPS) is 20.8. The van der Waals surface area contributed by atoms with Gasteiger partial charge in [-0.2, -0.15) is 5.10 Å². The summed E-state index contributed by atoms with van der Waals surface area (Å²) < 4.78 is 1.75. The maximum atomic E-state index is 13.2. The van der Waals surface area contributed by atoms with Crippen molar-refractivity contribution in [2.75, 3.05) is 26.7 Å². The summed E-state index contributed by atoms with van der Waals surface area (Å²) in [5.41, 5.74) is 0.974. The first kappa shape index (κ1) is 14.8. The molecule has 2 heterocycles. The van der Waals surface area contributed by atoms with E-state index in [0.717, 1.165) is 25.2 Å². The van der Waals surface area contributed by atoms with Crippen LogP contribution in [0.5, 0.6) is 0 Å². The van der Waals surface area contributed by atoms with Crippen molar-refractivity contribution in [1.29, 1.82) is 0 Å². The highest BCUT2D eigenvalue weighted by Gasteiger charge is 2.32. The molecule has 22 heavy (non-hydrogen) atoms. The van der Waals surface area contributed by atoms with Gasteiger partial charge in [0.2, 0.25) is 0 Å². The molecule has 1 aliphatic heterocycles. The Morgan fingerprint density at radius 2 is 2.00 bits per heavy atom. The lowest BCUT2D eigenvalue weighted by molar-refractivity contribution is -0.138. The Morgan fingerprint density at radius 1 is 1.23 bits per heavy atom. The zero-order valence-corrected chi connectivity index (χ0v) is 13.1. The highest BCUT2D eigenvalue weighted by atomic mass is 16.2. The first-order valence-corrected chi connectivity index (χ1v) is 7.70. The van der Waals surface area contributed by atoms with Gasteiger partial charge in [0.15, 0.2) is 6.04 Å². The predicted molar refractivity (Wildman–Crippen MR) is 85.5 cm³/mol. The van der Waals surface area contributed by atoms with Crippen LogP contribution in [0.25, 0.3) is 0 Å². The van der Waals surface area contributed by atoms with Crippen molar-refractivity contribution in [3.8, 4) is 0 Å². The van der Waals surface area contributed by atoms with Gasteiger partial charge in [-0.15, -0.1) is 0 Å². The van der Waals surface area contributed by atoms with Gasteiger partial charge in [-0.25, -0.2) is 0 Å². The van der Waals surface area contributed by atoms with E-state index >= 15 is 0 Å². The molecule has 2 unspecified atom stereocenters. The number of hydrogen-bond acceptors (Lipinski definition) is 3. The number of nitrogens with zero attached hydrogens (tertiary/aromatic N) is 4. The molecule has 5 heteroatoms. The number of carbonyl (C=O) groups is 1. The molecule has 0 N–H and O–H groups in total. The standard InChI is InChI=1S/C17H22N4O/c1-14-13-19(2)11-12-20(14)17(22)16(21-10-6-9-18-21)15-7-4-3-5-8-15/h3-10,14,16H,11-13H2,1-2H3. The largest absolute Gasteiger partial charge is 0.335 e. The predicted octanol–water partition coefficient (Wildman–Crippen LogP) is 1.63. The lowest BCUT2D eigenvalue weighted by atomic mass is 10.0. The van der Waals surface area contributed by atoms with Crippen LogP contribution in [0.3, 0.4) is 0 Å². The Balaban J connectivity index is 1.91. The van der Waals surface area contributed by atoms with Crippen LogP contribution in [0.4, 0.5) is 0 Å². The number of benzene rings is 1. The molecule has 2 atom stereocenters. The van der Waals surface area contributed by atoms with Gasteiger partial charge in [0.25, 0.3) is 5.91 Å². The molecular formula is C17H22N4O. The molecule has 1 aromatic carbocycles. The lowest BCUT2D eigenvalue weighted by Crippen LogP contribution is -2.54. The van der Waals surface area contributed by atoms with Crippen LogP contribution in [-0.2, 0) is 4.79 Å². The van der Waals surface area contributed by atoms with Crippen LogP contribution in [0, 0.1) is 0 Å². The first-order chi connectivity index (χ1) is 10.7. The molecule has 0 radical (unpaired) electrons. The average molecular weight is 298 g/mol. The second-order valence-electron chi connectivity index (χ2n) is 5.94. The van der Waals surface area contributed by atoms with Crippen molar-refractivity contribution in [1.82, 2.24) is 19.6 Å². The minimum atomic E-state index is -0.387. The van der Waals surface area contributed by atoms with E-state index in [-0.39, 0.29) is 18.0 Å². The third-order valence-corrected chi connectivity index (χ3v) is 4.25. The molecular weight excluding hydrogens is 276 g/mol. The van der Waals surface area contributed by atoms with E-state index in [1.54, 1.807) is 10.9 Å². The monoisotopic (exact) mass is 298 g/mol. The minimum Gasteiger partial charge on any atom is -0.335 e. The lowest BCUT2D eigenvalue weighted by Gasteiger charge is -2.39. The summed E-state index contributed by atoms with van der Waals surface area (Å²) in [6, 6.07) is 11.6. The highest BCUT2D eigenvalue weighted by Crippen LogP contribution is 2.22. The smallest absolute Gasteiger partial charge is 0.252 e. The van der Waals surface area contributed by atoms with Gasteiger partial charge < -0.3 is 9.80 Å². The first-order valence-electron chi connectivity index (χ1n) is 7.70. The zero-order chi connectivity index (χ0) is 15.5. The van der Waals surface area contributed by atoms with E-state index in [4.69, 9.17) is 0 Å². The molecule has 0 spiro atoms. The van der Waals surface area contributed by atoms with Crippen LogP contribution < -0.4 is 0 Å². The number of hydrogen-bond donors (Lipinski definition) is 0. The van der Waals surface area contributed by atoms with E-state index in [0.29, 0.717) is 0 Å². The van der Waals surface area contributed by atoms with Gasteiger partial charge in [0, 0.05) is 38.1 Å². The summed E-state index contributed by atoms with van der Waals surface area (Å²) in [6.45, 7) is 4.70. The number of aromatic nitrogens is 2. The summed E-state index contributed by atoms with van der Waals surface area (Å²) in [5.74, 6) is 0.121. The minimum absolute atomic E-state index is 0.121. The summed E-state index contributed by atoms with van der Waals surface area (Å²) >= 11 is 0. The van der Waals surface area contributed by atoms with E-state index in [2.05, 4.69) is 24.0 Å². The molecule has 1 amide bonds. The Bertz CT molecular complexity index is 611. The number of piperazine rings is 1. The Hall–Kier alpha value is -2.14. The number of carbonyl (C=O) groups excluding carboxylic acids is 1.